The van der Waals surface area contributed by atoms with Gasteiger partial charge >= 0.3 is 11.9 Å². The lowest BCUT2D eigenvalue weighted by atomic mass is 10.2. The summed E-state index contributed by atoms with van der Waals surface area (Å²) in [6, 6.07) is 0. The highest BCUT2D eigenvalue weighted by atomic mass is 16.5. The number of carbonyl (C=O) groups excluding carboxylic acids is 2. The first-order valence-electron chi connectivity index (χ1n) is 21.6. The molecule has 0 saturated heterocycles. The number of rotatable bonds is 6. The summed E-state index contributed by atoms with van der Waals surface area (Å²) in [6.07, 6.45) is 43.9. The summed E-state index contributed by atoms with van der Waals surface area (Å²) in [7, 11) is 8.27. The molecule has 58 heavy (non-hydrogen) atoms. The van der Waals surface area contributed by atoms with Gasteiger partial charge in [-0.3, -0.25) is 9.59 Å². The van der Waals surface area contributed by atoms with E-state index in [1.54, 1.807) is 0 Å². The first-order valence-corrected chi connectivity index (χ1v) is 21.6. The first-order chi connectivity index (χ1) is 28.4. The molecule has 0 aliphatic carbocycles. The van der Waals surface area contributed by atoms with Crippen molar-refractivity contribution < 1.29 is 38.0 Å². The molecule has 0 spiro atoms. The molecule has 0 radical (unpaired) electrons. The lowest BCUT2D eigenvalue weighted by Crippen LogP contribution is -2.26. The standard InChI is InChI=1S/C48H78N2O8/c1-49(2)35-33-45-43-53-37-25-17-11-7-5-9-15-23-31-47(51)57-41-29-21-13-18-26-38-54-44-46(34-36-50(3)4)56-40-28-20-14-22-30-42-58-48(52)32-24-16-10-6-8-12-19-27-39-55-45/h7-12,15-16,18,20-22,26,28-30,45-46H,5-6,13-14,17,19,23-25,27,31-44H2,1-4H3. The Kier molecular flexibility index (Phi) is 36.7. The molecule has 0 saturated carbocycles. The lowest BCUT2D eigenvalue weighted by Gasteiger charge is -2.20. The van der Waals surface area contributed by atoms with Crippen LogP contribution in [0.5, 0.6) is 0 Å². The van der Waals surface area contributed by atoms with Crippen LogP contribution in [0.1, 0.15) is 89.9 Å². The fraction of sp³-hybridized carbons (Fsp3) is 0.625. The number of allylic oxidation sites excluding steroid dienone is 12. The van der Waals surface area contributed by atoms with Crippen molar-refractivity contribution in [2.75, 3.05) is 94.1 Å². The minimum absolute atomic E-state index is 0.000365. The van der Waals surface area contributed by atoms with E-state index in [9.17, 15) is 9.59 Å². The van der Waals surface area contributed by atoms with Crippen molar-refractivity contribution in [2.45, 2.75) is 102 Å². The Morgan fingerprint density at radius 3 is 1.40 bits per heavy atom. The normalized spacial score (nSPS) is 21.9. The molecular weight excluding hydrogens is 733 g/mol. The number of carbonyl (C=O) groups is 2. The molecule has 1 aliphatic rings. The van der Waals surface area contributed by atoms with Crippen molar-refractivity contribution in [3.05, 3.63) is 97.2 Å². The summed E-state index contributed by atoms with van der Waals surface area (Å²) in [5.41, 5.74) is 0. The summed E-state index contributed by atoms with van der Waals surface area (Å²) in [5.74, 6) is -0.375. The number of hydrogen-bond donors (Lipinski definition) is 0. The minimum Gasteiger partial charge on any atom is -0.461 e. The molecule has 10 nitrogen and oxygen atoms in total. The van der Waals surface area contributed by atoms with Crippen LogP contribution in [0, 0.1) is 0 Å². The maximum absolute atomic E-state index is 12.1. The number of cyclic esters (lactones) is 2. The number of esters is 2. The Morgan fingerprint density at radius 2 is 0.879 bits per heavy atom. The zero-order valence-corrected chi connectivity index (χ0v) is 36.5. The van der Waals surface area contributed by atoms with Crippen LogP contribution in [0.2, 0.25) is 0 Å². The van der Waals surface area contributed by atoms with Gasteiger partial charge in [-0.1, -0.05) is 97.2 Å². The van der Waals surface area contributed by atoms with Crippen molar-refractivity contribution in [3.8, 4) is 0 Å². The molecule has 1 rings (SSSR count). The Hall–Kier alpha value is -3.38. The van der Waals surface area contributed by atoms with Gasteiger partial charge < -0.3 is 38.2 Å². The third kappa shape index (κ3) is 38.2. The van der Waals surface area contributed by atoms with Crippen LogP contribution in [-0.2, 0) is 38.0 Å². The molecule has 10 heteroatoms. The third-order valence-corrected chi connectivity index (χ3v) is 8.71. The van der Waals surface area contributed by atoms with Crippen LogP contribution in [0.4, 0.5) is 0 Å². The third-order valence-electron chi connectivity index (χ3n) is 8.71. The highest BCUT2D eigenvalue weighted by Crippen LogP contribution is 2.07. The van der Waals surface area contributed by atoms with E-state index in [1.807, 2.05) is 60.8 Å². The van der Waals surface area contributed by atoms with Gasteiger partial charge in [-0.2, -0.15) is 0 Å². The zero-order valence-electron chi connectivity index (χ0n) is 36.5. The molecule has 0 aromatic heterocycles. The lowest BCUT2D eigenvalue weighted by molar-refractivity contribution is -0.143. The zero-order chi connectivity index (χ0) is 42.0. The molecule has 1 aliphatic heterocycles. The van der Waals surface area contributed by atoms with E-state index in [0.717, 1.165) is 77.3 Å². The fourth-order valence-electron chi connectivity index (χ4n) is 5.32. The van der Waals surface area contributed by atoms with Gasteiger partial charge in [0.25, 0.3) is 0 Å². The van der Waals surface area contributed by atoms with Gasteiger partial charge in [-0.05, 0) is 105 Å². The highest BCUT2D eigenvalue weighted by molar-refractivity contribution is 5.70. The van der Waals surface area contributed by atoms with Gasteiger partial charge in [-0.15, -0.1) is 0 Å². The molecular formula is C48H78N2O8. The number of nitrogens with zero attached hydrogens (tertiary/aromatic N) is 2. The Labute approximate surface area is 352 Å². The van der Waals surface area contributed by atoms with Crippen LogP contribution in [-0.4, -0.2) is 128 Å². The van der Waals surface area contributed by atoms with Crippen LogP contribution in [0.25, 0.3) is 0 Å². The van der Waals surface area contributed by atoms with Crippen LogP contribution >= 0.6 is 0 Å². The predicted octanol–water partition coefficient (Wildman–Crippen LogP) is 8.92. The van der Waals surface area contributed by atoms with Crippen molar-refractivity contribution in [1.29, 1.82) is 0 Å². The summed E-state index contributed by atoms with van der Waals surface area (Å²) in [5, 5.41) is 0. The topological polar surface area (TPSA) is 96.0 Å². The average Bonchev–Trinajstić information content (AvgIpc) is 3.20. The quantitative estimate of drug-likeness (QED) is 0.191. The molecule has 0 bridgehead atoms. The van der Waals surface area contributed by atoms with Crippen molar-refractivity contribution >= 4 is 11.9 Å². The molecule has 0 N–H and O–H groups in total. The van der Waals surface area contributed by atoms with Gasteiger partial charge in [0, 0.05) is 39.1 Å². The van der Waals surface area contributed by atoms with Crippen molar-refractivity contribution in [1.82, 2.24) is 9.80 Å². The molecule has 0 aromatic carbocycles. The van der Waals surface area contributed by atoms with E-state index in [-0.39, 0.29) is 37.4 Å². The Morgan fingerprint density at radius 1 is 0.466 bits per heavy atom. The van der Waals surface area contributed by atoms with E-state index < -0.39 is 0 Å². The highest BCUT2D eigenvalue weighted by Gasteiger charge is 2.11. The Bertz CT molecular complexity index is 1230. The SMILES string of the molecule is CN(C)CCC1COCC=CCC=CCOC(=O)CCC=CCC=CCCCOCC(CCN(C)C)OCCCC=CCC=CCCC(=O)OCC=CCC=CCO1. The van der Waals surface area contributed by atoms with Gasteiger partial charge in [0.1, 0.15) is 13.2 Å². The number of ether oxygens (including phenoxy) is 6. The molecule has 0 aromatic rings. The molecule has 328 valence electrons. The maximum Gasteiger partial charge on any atom is 0.306 e. The number of hydrogen-bond acceptors (Lipinski definition) is 10. The molecule has 2 atom stereocenters. The first kappa shape index (κ1) is 52.6. The summed E-state index contributed by atoms with van der Waals surface area (Å²) >= 11 is 0. The molecule has 1 heterocycles. The predicted molar refractivity (Wildman–Crippen MR) is 238 cm³/mol. The smallest absolute Gasteiger partial charge is 0.306 e. The minimum atomic E-state index is -0.188. The summed E-state index contributed by atoms with van der Waals surface area (Å²) < 4.78 is 34.8. The van der Waals surface area contributed by atoms with E-state index in [4.69, 9.17) is 28.4 Å². The monoisotopic (exact) mass is 811 g/mol. The van der Waals surface area contributed by atoms with E-state index in [2.05, 4.69) is 74.4 Å². The van der Waals surface area contributed by atoms with Crippen molar-refractivity contribution in [2.24, 2.45) is 0 Å². The van der Waals surface area contributed by atoms with E-state index in [1.165, 1.54) is 0 Å². The van der Waals surface area contributed by atoms with Gasteiger partial charge in [0.2, 0.25) is 0 Å². The van der Waals surface area contributed by atoms with Crippen LogP contribution < -0.4 is 0 Å². The second-order valence-electron chi connectivity index (χ2n) is 14.7. The molecule has 0 amide bonds. The average molecular weight is 811 g/mol. The largest absolute Gasteiger partial charge is 0.461 e. The Balaban J connectivity index is 2.57. The molecule has 0 fully saturated rings. The fourth-order valence-corrected chi connectivity index (χ4v) is 5.32. The second kappa shape index (κ2) is 40.4. The van der Waals surface area contributed by atoms with E-state index >= 15 is 0 Å². The second-order valence-corrected chi connectivity index (χ2v) is 14.7. The van der Waals surface area contributed by atoms with E-state index in [0.29, 0.717) is 65.3 Å². The van der Waals surface area contributed by atoms with Gasteiger partial charge in [-0.25, -0.2) is 0 Å². The molecule has 2 unspecified atom stereocenters. The van der Waals surface area contributed by atoms with Crippen LogP contribution in [0.15, 0.2) is 97.2 Å². The summed E-state index contributed by atoms with van der Waals surface area (Å²) in [6.45, 7) is 6.02. The summed E-state index contributed by atoms with van der Waals surface area (Å²) in [4.78, 5) is 28.4. The van der Waals surface area contributed by atoms with Gasteiger partial charge in [0.05, 0.1) is 38.6 Å². The van der Waals surface area contributed by atoms with Crippen LogP contribution in [0.3, 0.4) is 0 Å². The maximum atomic E-state index is 12.1. The van der Waals surface area contributed by atoms with Gasteiger partial charge in [0.15, 0.2) is 0 Å². The van der Waals surface area contributed by atoms with Crippen molar-refractivity contribution in [3.63, 3.8) is 0 Å².